The van der Waals surface area contributed by atoms with Crippen LogP contribution >= 0.6 is 0 Å². The molecule has 138 valence electrons. The molecule has 3 saturated heterocycles. The number of aliphatic imine (C=N–C) groups is 1. The van der Waals surface area contributed by atoms with Gasteiger partial charge in [-0.15, -0.1) is 0 Å². The zero-order valence-electron chi connectivity index (χ0n) is 15.0. The summed E-state index contributed by atoms with van der Waals surface area (Å²) in [6, 6.07) is 6.75. The van der Waals surface area contributed by atoms with Crippen LogP contribution in [-0.4, -0.2) is 80.8 Å². The van der Waals surface area contributed by atoms with Gasteiger partial charge in [-0.05, 0) is 19.1 Å². The van der Waals surface area contributed by atoms with E-state index in [1.807, 2.05) is 6.92 Å². The van der Waals surface area contributed by atoms with Crippen LogP contribution in [0.25, 0.3) is 0 Å². The molecule has 2 N–H and O–H groups in total. The van der Waals surface area contributed by atoms with Gasteiger partial charge in [0.25, 0.3) is 0 Å². The number of hydrogen-bond acceptors (Lipinski definition) is 4. The van der Waals surface area contributed by atoms with Crippen LogP contribution in [0, 0.1) is 5.82 Å². The van der Waals surface area contributed by atoms with Gasteiger partial charge in [0.15, 0.2) is 5.96 Å². The number of guanidine groups is 1. The number of nitrogens with one attached hydrogen (secondary N) is 2. The summed E-state index contributed by atoms with van der Waals surface area (Å²) in [6.07, 6.45) is -0.0964. The summed E-state index contributed by atoms with van der Waals surface area (Å²) < 4.78 is 18.9. The lowest BCUT2D eigenvalue weighted by molar-refractivity contribution is 0.0154. The van der Waals surface area contributed by atoms with Crippen LogP contribution in [-0.2, 0) is 0 Å². The lowest BCUT2D eigenvalue weighted by Crippen LogP contribution is -2.64. The number of ether oxygens (including phenoxy) is 1. The molecular formula is C18H28FN5O. The molecule has 3 aliphatic heterocycles. The van der Waals surface area contributed by atoms with E-state index in [4.69, 9.17) is 4.74 Å². The van der Waals surface area contributed by atoms with Crippen molar-refractivity contribution in [1.29, 1.82) is 0 Å². The fourth-order valence-corrected chi connectivity index (χ4v) is 3.41. The van der Waals surface area contributed by atoms with Crippen LogP contribution < -0.4 is 15.4 Å². The smallest absolute Gasteiger partial charge is 0.191 e. The Kier molecular flexibility index (Phi) is 6.09. The van der Waals surface area contributed by atoms with Crippen molar-refractivity contribution in [3.8, 4) is 5.75 Å². The van der Waals surface area contributed by atoms with E-state index < -0.39 is 0 Å². The number of nitrogens with zero attached hydrogens (tertiary/aromatic N) is 3. The number of fused-ring (bicyclic) bond motifs is 3. The first-order valence-electron chi connectivity index (χ1n) is 8.97. The van der Waals surface area contributed by atoms with E-state index in [2.05, 4.69) is 25.4 Å². The Morgan fingerprint density at radius 2 is 2.12 bits per heavy atom. The van der Waals surface area contributed by atoms with Gasteiger partial charge in [-0.1, -0.05) is 6.07 Å². The van der Waals surface area contributed by atoms with Gasteiger partial charge in [-0.3, -0.25) is 14.8 Å². The maximum Gasteiger partial charge on any atom is 0.191 e. The molecule has 1 aromatic rings. The number of hydrogen-bond donors (Lipinski definition) is 2. The highest BCUT2D eigenvalue weighted by Crippen LogP contribution is 2.15. The van der Waals surface area contributed by atoms with Crippen LogP contribution in [0.1, 0.15) is 6.92 Å². The standard InChI is InChI=1S/C18H28FN5O/c1-14(25-17-5-3-4-15(19)10-17)11-21-18(20-2)22-12-16-13-23-6-8-24(16)9-7-23/h3-5,10,14,16H,6-9,11-13H2,1-2H3,(H2,20,21,22). The number of benzene rings is 1. The molecule has 2 atom stereocenters. The highest BCUT2D eigenvalue weighted by Gasteiger charge is 2.31. The first-order valence-corrected chi connectivity index (χ1v) is 8.97. The molecule has 3 aliphatic rings. The summed E-state index contributed by atoms with van der Waals surface area (Å²) in [4.78, 5) is 9.35. The molecule has 0 radical (unpaired) electrons. The normalized spacial score (nSPS) is 27.0. The van der Waals surface area contributed by atoms with Crippen LogP contribution in [0.5, 0.6) is 5.75 Å². The lowest BCUT2D eigenvalue weighted by atomic mass is 10.1. The predicted octanol–water partition coefficient (Wildman–Crippen LogP) is 0.758. The van der Waals surface area contributed by atoms with Crippen molar-refractivity contribution in [2.45, 2.75) is 19.1 Å². The van der Waals surface area contributed by atoms with Gasteiger partial charge in [-0.2, -0.15) is 0 Å². The van der Waals surface area contributed by atoms with E-state index in [9.17, 15) is 4.39 Å². The molecule has 0 amide bonds. The summed E-state index contributed by atoms with van der Waals surface area (Å²) >= 11 is 0. The average molecular weight is 349 g/mol. The van der Waals surface area contributed by atoms with Crippen LogP contribution in [0.4, 0.5) is 4.39 Å². The van der Waals surface area contributed by atoms with Gasteiger partial charge in [0.1, 0.15) is 17.7 Å². The topological polar surface area (TPSA) is 52.1 Å². The molecule has 7 heteroatoms. The van der Waals surface area contributed by atoms with E-state index in [-0.39, 0.29) is 11.9 Å². The summed E-state index contributed by atoms with van der Waals surface area (Å²) in [5, 5.41) is 6.68. The Hall–Kier alpha value is -1.86. The maximum absolute atomic E-state index is 13.2. The van der Waals surface area contributed by atoms with Crippen molar-refractivity contribution in [2.24, 2.45) is 4.99 Å². The third kappa shape index (κ3) is 5.06. The molecule has 0 aromatic heterocycles. The number of rotatable bonds is 6. The molecule has 4 rings (SSSR count). The van der Waals surface area contributed by atoms with E-state index in [0.717, 1.165) is 32.1 Å². The van der Waals surface area contributed by atoms with Crippen LogP contribution in [0.15, 0.2) is 29.3 Å². The summed E-state index contributed by atoms with van der Waals surface area (Å²) in [5.41, 5.74) is 0. The SMILES string of the molecule is CN=C(NCC(C)Oc1cccc(F)c1)NCC1CN2CCN1CC2. The maximum atomic E-state index is 13.2. The monoisotopic (exact) mass is 349 g/mol. The molecule has 1 aromatic carbocycles. The van der Waals surface area contributed by atoms with Gasteiger partial charge in [-0.25, -0.2) is 4.39 Å². The van der Waals surface area contributed by atoms with Crippen molar-refractivity contribution < 1.29 is 9.13 Å². The predicted molar refractivity (Wildman–Crippen MR) is 97.7 cm³/mol. The van der Waals surface area contributed by atoms with Crippen molar-refractivity contribution >= 4 is 5.96 Å². The Bertz CT molecular complexity index is 589. The highest BCUT2D eigenvalue weighted by atomic mass is 19.1. The third-order valence-electron chi connectivity index (χ3n) is 4.81. The first kappa shape index (κ1) is 17.9. The summed E-state index contributed by atoms with van der Waals surface area (Å²) in [5.74, 6) is 1.02. The number of piperazine rings is 3. The molecule has 25 heavy (non-hydrogen) atoms. The number of halogens is 1. The van der Waals surface area contributed by atoms with Crippen molar-refractivity contribution in [3.63, 3.8) is 0 Å². The van der Waals surface area contributed by atoms with Crippen LogP contribution in [0.2, 0.25) is 0 Å². The second-order valence-electron chi connectivity index (χ2n) is 6.71. The van der Waals surface area contributed by atoms with Gasteiger partial charge >= 0.3 is 0 Å². The molecule has 0 aliphatic carbocycles. The Labute approximate surface area is 149 Å². The Morgan fingerprint density at radius 3 is 2.76 bits per heavy atom. The second-order valence-corrected chi connectivity index (χ2v) is 6.71. The van der Waals surface area contributed by atoms with E-state index in [1.54, 1.807) is 19.2 Å². The van der Waals surface area contributed by atoms with Crippen LogP contribution in [0.3, 0.4) is 0 Å². The van der Waals surface area contributed by atoms with Crippen molar-refractivity contribution in [2.75, 3.05) is 52.9 Å². The minimum absolute atomic E-state index is 0.0964. The molecule has 3 fully saturated rings. The van der Waals surface area contributed by atoms with Gasteiger partial charge in [0.05, 0.1) is 6.54 Å². The summed E-state index contributed by atoms with van der Waals surface area (Å²) in [7, 11) is 1.77. The molecule has 0 saturated carbocycles. The second kappa shape index (κ2) is 8.49. The van der Waals surface area contributed by atoms with E-state index in [1.165, 1.54) is 25.2 Å². The fraction of sp³-hybridized carbons (Fsp3) is 0.611. The van der Waals surface area contributed by atoms with Gasteiger partial charge < -0.3 is 15.4 Å². The highest BCUT2D eigenvalue weighted by molar-refractivity contribution is 5.79. The van der Waals surface area contributed by atoms with Crippen molar-refractivity contribution in [3.05, 3.63) is 30.1 Å². The molecular weight excluding hydrogens is 321 g/mol. The Balaban J connectivity index is 1.40. The lowest BCUT2D eigenvalue weighted by Gasteiger charge is -2.47. The quantitative estimate of drug-likeness (QED) is 0.587. The zero-order chi connectivity index (χ0) is 17.6. The molecule has 2 bridgehead atoms. The average Bonchev–Trinajstić information content (AvgIpc) is 2.63. The zero-order valence-corrected chi connectivity index (χ0v) is 15.0. The largest absolute Gasteiger partial charge is 0.489 e. The van der Waals surface area contributed by atoms with Crippen molar-refractivity contribution in [1.82, 2.24) is 20.4 Å². The van der Waals surface area contributed by atoms with Gasteiger partial charge in [0.2, 0.25) is 0 Å². The molecule has 0 spiro atoms. The third-order valence-corrected chi connectivity index (χ3v) is 4.81. The molecule has 6 nitrogen and oxygen atoms in total. The fourth-order valence-electron chi connectivity index (χ4n) is 3.41. The minimum atomic E-state index is -0.289. The van der Waals surface area contributed by atoms with E-state index >= 15 is 0 Å². The first-order chi connectivity index (χ1) is 12.1. The molecule has 2 unspecified atom stereocenters. The van der Waals surface area contributed by atoms with Gasteiger partial charge in [0, 0.05) is 58.4 Å². The minimum Gasteiger partial charge on any atom is -0.489 e. The Morgan fingerprint density at radius 1 is 1.32 bits per heavy atom. The van der Waals surface area contributed by atoms with E-state index in [0.29, 0.717) is 18.3 Å². The molecule has 3 heterocycles. The summed E-state index contributed by atoms with van der Waals surface area (Å²) in [6.45, 7) is 9.27.